The van der Waals surface area contributed by atoms with Gasteiger partial charge in [0.15, 0.2) is 0 Å². The van der Waals surface area contributed by atoms with Gasteiger partial charge in [-0.25, -0.2) is 0 Å². The summed E-state index contributed by atoms with van der Waals surface area (Å²) < 4.78 is 0. The Morgan fingerprint density at radius 2 is 1.18 bits per heavy atom. The Labute approximate surface area is 203 Å². The third-order valence-corrected chi connectivity index (χ3v) is 12.2. The van der Waals surface area contributed by atoms with Crippen molar-refractivity contribution in [1.82, 2.24) is 0 Å². The second-order valence-electron chi connectivity index (χ2n) is 10.8. The van der Waals surface area contributed by atoms with Gasteiger partial charge in [0.2, 0.25) is 0 Å². The molecule has 0 aromatic heterocycles. The summed E-state index contributed by atoms with van der Waals surface area (Å²) in [5, 5.41) is 3.12. The minimum atomic E-state index is -1.86. The van der Waals surface area contributed by atoms with Crippen LogP contribution >= 0.6 is 0 Å². The van der Waals surface area contributed by atoms with Gasteiger partial charge in [0.25, 0.3) is 0 Å². The average Bonchev–Trinajstić information content (AvgIpc) is 3.04. The molecule has 2 nitrogen and oxygen atoms in total. The number of hydrogen-bond acceptors (Lipinski definition) is 2. The zero-order valence-electron chi connectivity index (χ0n) is 20.8. The van der Waals surface area contributed by atoms with Crippen LogP contribution < -0.4 is 20.2 Å². The largest absolute Gasteiger partial charge is 0.318 e. The van der Waals surface area contributed by atoms with Gasteiger partial charge < -0.3 is 9.80 Å². The Morgan fingerprint density at radius 1 is 0.559 bits per heavy atom. The zero-order chi connectivity index (χ0) is 23.5. The molecule has 1 atom stereocenters. The molecule has 3 aliphatic rings. The van der Waals surface area contributed by atoms with Crippen molar-refractivity contribution in [3.63, 3.8) is 0 Å². The minimum Gasteiger partial charge on any atom is -0.318 e. The molecule has 4 aromatic rings. The molecular weight excluding hydrogens is 428 g/mol. The van der Waals surface area contributed by atoms with Gasteiger partial charge >= 0.3 is 0 Å². The van der Waals surface area contributed by atoms with Gasteiger partial charge in [-0.15, -0.1) is 0 Å². The average molecular weight is 459 g/mol. The van der Waals surface area contributed by atoms with Crippen molar-refractivity contribution in [3.8, 4) is 22.3 Å². The van der Waals surface area contributed by atoms with Crippen molar-refractivity contribution >= 4 is 41.2 Å². The van der Waals surface area contributed by atoms with Gasteiger partial charge in [0.1, 0.15) is 14.2 Å². The Balaban J connectivity index is 1.69. The molecule has 3 heterocycles. The first-order valence-electron chi connectivity index (χ1n) is 12.4. The summed E-state index contributed by atoms with van der Waals surface area (Å²) in [6, 6.07) is 25.4. The maximum Gasteiger partial charge on any atom is 0.117 e. The molecule has 168 valence electrons. The zero-order valence-corrected chi connectivity index (χ0v) is 21.8. The van der Waals surface area contributed by atoms with Crippen LogP contribution in [0.4, 0.5) is 22.7 Å². The highest BCUT2D eigenvalue weighted by atomic mass is 28.3. The molecule has 0 fully saturated rings. The third-order valence-electron chi connectivity index (χ3n) is 8.66. The lowest BCUT2D eigenvalue weighted by atomic mass is 9.92. The van der Waals surface area contributed by atoms with Crippen LogP contribution in [0.2, 0.25) is 13.1 Å². The summed E-state index contributed by atoms with van der Waals surface area (Å²) in [5.74, 6) is 0. The van der Waals surface area contributed by atoms with E-state index in [2.05, 4.69) is 117 Å². The molecular formula is C31H30N2Si. The van der Waals surface area contributed by atoms with E-state index in [0.29, 0.717) is 0 Å². The molecule has 4 aromatic carbocycles. The smallest absolute Gasteiger partial charge is 0.117 e. The Hall–Kier alpha value is -3.30. The predicted molar refractivity (Wildman–Crippen MR) is 148 cm³/mol. The highest BCUT2D eigenvalue weighted by Gasteiger charge is 2.49. The highest BCUT2D eigenvalue weighted by molar-refractivity contribution is 7.03. The van der Waals surface area contributed by atoms with Crippen molar-refractivity contribution in [1.29, 1.82) is 0 Å². The number of benzene rings is 4. The van der Waals surface area contributed by atoms with E-state index >= 15 is 0 Å². The van der Waals surface area contributed by atoms with Crippen LogP contribution in [0.1, 0.15) is 23.6 Å². The van der Waals surface area contributed by atoms with Crippen LogP contribution in [0.3, 0.4) is 0 Å². The summed E-state index contributed by atoms with van der Waals surface area (Å²) in [6.45, 7) is 14.3. The number of para-hydroxylation sites is 1. The summed E-state index contributed by atoms with van der Waals surface area (Å²) in [5.41, 5.74) is 15.2. The Bertz CT molecular complexity index is 1550. The molecule has 0 radical (unpaired) electrons. The molecule has 0 N–H and O–H groups in total. The van der Waals surface area contributed by atoms with Crippen molar-refractivity contribution < 1.29 is 0 Å². The van der Waals surface area contributed by atoms with E-state index in [1.807, 2.05) is 0 Å². The summed E-state index contributed by atoms with van der Waals surface area (Å²) >= 11 is 0. The fraction of sp³-hybridized carbons (Fsp3) is 0.226. The molecule has 34 heavy (non-hydrogen) atoms. The van der Waals surface area contributed by atoms with Gasteiger partial charge in [-0.3, -0.25) is 0 Å². The molecule has 0 aliphatic carbocycles. The lowest BCUT2D eigenvalue weighted by Crippen LogP contribution is -2.59. The van der Waals surface area contributed by atoms with E-state index in [1.165, 1.54) is 61.7 Å². The lowest BCUT2D eigenvalue weighted by Gasteiger charge is -2.41. The SMILES string of the molecule is Cc1ccc2c(c1C)N1c3c(ccc4c3N(c3c(C)cccc3[Si]4(C)C)[C@H]1C)-c1ccccc1-2. The van der Waals surface area contributed by atoms with Gasteiger partial charge in [-0.05, 0) is 65.9 Å². The first kappa shape index (κ1) is 20.1. The van der Waals surface area contributed by atoms with E-state index in [0.717, 1.165) is 0 Å². The van der Waals surface area contributed by atoms with Crippen LogP contribution in [-0.2, 0) is 0 Å². The number of anilines is 4. The lowest BCUT2D eigenvalue weighted by molar-refractivity contribution is 0.759. The standard InChI is InChI=1S/C31H30N2Si/c1-18-14-15-24-22-11-7-8-12-23(22)25-16-17-27-31-30(25)33(29(24)20(18)3)21(4)32(31)28-19(2)10-9-13-26(28)34(27,5)6/h7-17,21H,1-6H3/t21-/m1/s1. The molecule has 0 amide bonds. The van der Waals surface area contributed by atoms with Gasteiger partial charge in [-0.1, -0.05) is 79.8 Å². The minimum absolute atomic E-state index is 0.202. The fourth-order valence-corrected chi connectivity index (χ4v) is 9.83. The maximum absolute atomic E-state index is 2.66. The van der Waals surface area contributed by atoms with Crippen LogP contribution in [0.5, 0.6) is 0 Å². The van der Waals surface area contributed by atoms with Gasteiger partial charge in [0, 0.05) is 16.8 Å². The first-order valence-corrected chi connectivity index (χ1v) is 15.4. The van der Waals surface area contributed by atoms with Crippen LogP contribution in [0, 0.1) is 20.8 Å². The van der Waals surface area contributed by atoms with Crippen molar-refractivity contribution in [2.24, 2.45) is 0 Å². The molecule has 0 unspecified atom stereocenters. The molecule has 0 saturated heterocycles. The monoisotopic (exact) mass is 458 g/mol. The van der Waals surface area contributed by atoms with E-state index in [-0.39, 0.29) is 6.17 Å². The summed E-state index contributed by atoms with van der Waals surface area (Å²) in [6.07, 6.45) is 0.202. The van der Waals surface area contributed by atoms with Gasteiger partial charge in [0.05, 0.1) is 17.1 Å². The number of hydrogen-bond donors (Lipinski definition) is 0. The molecule has 3 aliphatic heterocycles. The summed E-state index contributed by atoms with van der Waals surface area (Å²) in [7, 11) is -1.86. The molecule has 7 rings (SSSR count). The van der Waals surface area contributed by atoms with E-state index in [4.69, 9.17) is 0 Å². The number of rotatable bonds is 0. The number of nitrogens with zero attached hydrogens (tertiary/aromatic N) is 2. The third kappa shape index (κ3) is 2.21. The molecule has 0 saturated carbocycles. The van der Waals surface area contributed by atoms with Crippen LogP contribution in [-0.4, -0.2) is 14.2 Å². The highest BCUT2D eigenvalue weighted by Crippen LogP contribution is 2.58. The van der Waals surface area contributed by atoms with Crippen molar-refractivity contribution in [2.75, 3.05) is 9.80 Å². The summed E-state index contributed by atoms with van der Waals surface area (Å²) in [4.78, 5) is 5.33. The Morgan fingerprint density at radius 3 is 1.91 bits per heavy atom. The van der Waals surface area contributed by atoms with Crippen molar-refractivity contribution in [2.45, 2.75) is 47.0 Å². The maximum atomic E-state index is 2.66. The quantitative estimate of drug-likeness (QED) is 0.261. The Kier molecular flexibility index (Phi) is 3.80. The second-order valence-corrected chi connectivity index (χ2v) is 15.1. The van der Waals surface area contributed by atoms with E-state index in [1.54, 1.807) is 10.4 Å². The number of fused-ring (bicyclic) bond motifs is 7. The van der Waals surface area contributed by atoms with Crippen molar-refractivity contribution in [3.05, 3.63) is 83.4 Å². The predicted octanol–water partition coefficient (Wildman–Crippen LogP) is 7.03. The van der Waals surface area contributed by atoms with E-state index in [9.17, 15) is 0 Å². The van der Waals surface area contributed by atoms with E-state index < -0.39 is 8.07 Å². The van der Waals surface area contributed by atoms with Crippen LogP contribution in [0.25, 0.3) is 22.3 Å². The molecule has 0 bridgehead atoms. The topological polar surface area (TPSA) is 6.48 Å². The normalized spacial score (nSPS) is 18.1. The second kappa shape index (κ2) is 6.42. The van der Waals surface area contributed by atoms with Gasteiger partial charge in [-0.2, -0.15) is 0 Å². The molecule has 0 spiro atoms. The number of aryl methyl sites for hydroxylation is 2. The fourth-order valence-electron chi connectivity index (χ4n) is 6.79. The molecule has 3 heteroatoms. The van der Waals surface area contributed by atoms with Crippen LogP contribution in [0.15, 0.2) is 66.7 Å². The first-order chi connectivity index (χ1) is 16.3.